The lowest BCUT2D eigenvalue weighted by Crippen LogP contribution is -2.30. The normalized spacial score (nSPS) is 18.0. The molecular weight excluding hydrogens is 406 g/mol. The number of halogens is 1. The number of amides is 1. The Balaban J connectivity index is 2.19. The second kappa shape index (κ2) is 9.22. The first-order valence-corrected chi connectivity index (χ1v) is 10.2. The molecular formula is C23H24ClNO5. The van der Waals surface area contributed by atoms with Crippen LogP contribution in [0.5, 0.6) is 11.5 Å². The molecule has 0 aliphatic carbocycles. The molecule has 1 N–H and O–H groups in total. The van der Waals surface area contributed by atoms with Gasteiger partial charge in [0.2, 0.25) is 0 Å². The van der Waals surface area contributed by atoms with Gasteiger partial charge in [0.15, 0.2) is 0 Å². The average molecular weight is 430 g/mol. The molecule has 1 unspecified atom stereocenters. The van der Waals surface area contributed by atoms with Gasteiger partial charge in [0.25, 0.3) is 11.7 Å². The Labute approximate surface area is 180 Å². The monoisotopic (exact) mass is 429 g/mol. The predicted octanol–water partition coefficient (Wildman–Crippen LogP) is 4.58. The summed E-state index contributed by atoms with van der Waals surface area (Å²) in [6, 6.07) is 11.2. The molecule has 0 aromatic heterocycles. The van der Waals surface area contributed by atoms with Gasteiger partial charge in [0.05, 0.1) is 30.9 Å². The highest BCUT2D eigenvalue weighted by Crippen LogP contribution is 2.41. The first-order valence-electron chi connectivity index (χ1n) is 9.78. The molecule has 2 aromatic carbocycles. The van der Waals surface area contributed by atoms with Gasteiger partial charge >= 0.3 is 0 Å². The third kappa shape index (κ3) is 4.00. The van der Waals surface area contributed by atoms with E-state index in [-0.39, 0.29) is 16.9 Å². The number of benzene rings is 2. The van der Waals surface area contributed by atoms with Crippen molar-refractivity contribution in [3.05, 3.63) is 64.2 Å². The highest BCUT2D eigenvalue weighted by molar-refractivity contribution is 6.46. The van der Waals surface area contributed by atoms with Crippen LogP contribution in [0.1, 0.15) is 37.4 Å². The van der Waals surface area contributed by atoms with Crippen molar-refractivity contribution in [2.75, 3.05) is 20.3 Å². The summed E-state index contributed by atoms with van der Waals surface area (Å²) in [7, 11) is 1.46. The van der Waals surface area contributed by atoms with E-state index in [0.29, 0.717) is 41.7 Å². The molecule has 1 aliphatic heterocycles. The minimum atomic E-state index is -0.734. The predicted molar refractivity (Wildman–Crippen MR) is 115 cm³/mol. The molecule has 6 nitrogen and oxygen atoms in total. The molecule has 0 saturated carbocycles. The number of aliphatic hydroxyl groups is 1. The fourth-order valence-corrected chi connectivity index (χ4v) is 3.79. The second-order valence-corrected chi connectivity index (χ2v) is 7.28. The summed E-state index contributed by atoms with van der Waals surface area (Å²) in [4.78, 5) is 27.2. The highest BCUT2D eigenvalue weighted by atomic mass is 35.5. The number of methoxy groups -OCH3 is 1. The molecule has 30 heavy (non-hydrogen) atoms. The Morgan fingerprint density at radius 1 is 1.13 bits per heavy atom. The van der Waals surface area contributed by atoms with Gasteiger partial charge in [0, 0.05) is 11.6 Å². The van der Waals surface area contributed by atoms with Crippen molar-refractivity contribution in [3.8, 4) is 11.5 Å². The number of nitrogens with zero attached hydrogens (tertiary/aromatic N) is 1. The number of carbonyl (C=O) groups excluding carboxylic acids is 2. The van der Waals surface area contributed by atoms with E-state index in [9.17, 15) is 14.7 Å². The number of ketones is 1. The van der Waals surface area contributed by atoms with Crippen LogP contribution in [0.25, 0.3) is 5.76 Å². The lowest BCUT2D eigenvalue weighted by Gasteiger charge is -2.25. The average Bonchev–Trinajstić information content (AvgIpc) is 2.99. The number of rotatable bonds is 7. The van der Waals surface area contributed by atoms with Crippen LogP contribution >= 0.6 is 11.6 Å². The van der Waals surface area contributed by atoms with Crippen LogP contribution < -0.4 is 9.47 Å². The van der Waals surface area contributed by atoms with E-state index in [1.165, 1.54) is 18.1 Å². The third-order valence-corrected chi connectivity index (χ3v) is 5.16. The minimum Gasteiger partial charge on any atom is -0.507 e. The smallest absolute Gasteiger partial charge is 0.295 e. The van der Waals surface area contributed by atoms with Crippen molar-refractivity contribution in [1.82, 2.24) is 4.90 Å². The Bertz CT molecular complexity index is 984. The van der Waals surface area contributed by atoms with Crippen LogP contribution in [0.15, 0.2) is 48.0 Å². The van der Waals surface area contributed by atoms with E-state index < -0.39 is 17.7 Å². The van der Waals surface area contributed by atoms with Gasteiger partial charge in [-0.2, -0.15) is 0 Å². The topological polar surface area (TPSA) is 76.1 Å². The first-order chi connectivity index (χ1) is 14.4. The van der Waals surface area contributed by atoms with Gasteiger partial charge in [-0.3, -0.25) is 9.59 Å². The summed E-state index contributed by atoms with van der Waals surface area (Å²) in [6.07, 6.45) is 0.668. The fourth-order valence-electron chi connectivity index (χ4n) is 3.62. The van der Waals surface area contributed by atoms with Crippen LogP contribution in [0, 0.1) is 0 Å². The third-order valence-electron chi connectivity index (χ3n) is 4.93. The molecule has 1 saturated heterocycles. The molecule has 7 heteroatoms. The zero-order valence-corrected chi connectivity index (χ0v) is 17.9. The van der Waals surface area contributed by atoms with Crippen molar-refractivity contribution in [3.63, 3.8) is 0 Å². The number of carbonyl (C=O) groups is 2. The number of hydrogen-bond acceptors (Lipinski definition) is 5. The Hall–Kier alpha value is -2.99. The summed E-state index contributed by atoms with van der Waals surface area (Å²) in [6.45, 7) is 4.73. The number of Topliss-reactive ketones (excluding diaryl/α,β-unsaturated/α-hetero) is 1. The van der Waals surface area contributed by atoms with E-state index in [2.05, 4.69) is 0 Å². The second-order valence-electron chi connectivity index (χ2n) is 6.84. The van der Waals surface area contributed by atoms with Crippen LogP contribution in [-0.4, -0.2) is 42.0 Å². The van der Waals surface area contributed by atoms with Gasteiger partial charge in [0.1, 0.15) is 17.3 Å². The van der Waals surface area contributed by atoms with Crippen molar-refractivity contribution >= 4 is 29.1 Å². The summed E-state index contributed by atoms with van der Waals surface area (Å²) >= 11 is 6.10. The molecule has 0 spiro atoms. The van der Waals surface area contributed by atoms with Crippen LogP contribution in [0.4, 0.5) is 0 Å². The van der Waals surface area contributed by atoms with Crippen molar-refractivity contribution < 1.29 is 24.2 Å². The zero-order valence-electron chi connectivity index (χ0n) is 17.1. The summed E-state index contributed by atoms with van der Waals surface area (Å²) < 4.78 is 10.8. The maximum absolute atomic E-state index is 12.9. The lowest BCUT2D eigenvalue weighted by atomic mass is 9.95. The zero-order chi connectivity index (χ0) is 21.8. The fraction of sp³-hybridized carbons (Fsp3) is 0.304. The van der Waals surface area contributed by atoms with E-state index in [1.807, 2.05) is 13.8 Å². The van der Waals surface area contributed by atoms with Gasteiger partial charge in [-0.25, -0.2) is 0 Å². The van der Waals surface area contributed by atoms with Gasteiger partial charge in [-0.1, -0.05) is 30.7 Å². The maximum atomic E-state index is 12.9. The number of aliphatic hydroxyl groups excluding tert-OH is 1. The Morgan fingerprint density at radius 2 is 1.83 bits per heavy atom. The molecule has 0 radical (unpaired) electrons. The van der Waals surface area contributed by atoms with E-state index in [1.54, 1.807) is 36.4 Å². The number of ether oxygens (including phenoxy) is 2. The van der Waals surface area contributed by atoms with Crippen LogP contribution in [0.3, 0.4) is 0 Å². The van der Waals surface area contributed by atoms with Crippen molar-refractivity contribution in [2.24, 2.45) is 0 Å². The van der Waals surface area contributed by atoms with E-state index in [4.69, 9.17) is 21.1 Å². The van der Waals surface area contributed by atoms with Crippen molar-refractivity contribution in [1.29, 1.82) is 0 Å². The minimum absolute atomic E-state index is 0.0122. The Kier molecular flexibility index (Phi) is 6.67. The molecule has 1 atom stereocenters. The summed E-state index contributed by atoms with van der Waals surface area (Å²) in [5.74, 6) is -0.653. The number of hydrogen-bond donors (Lipinski definition) is 1. The Morgan fingerprint density at radius 3 is 2.43 bits per heavy atom. The van der Waals surface area contributed by atoms with E-state index in [0.717, 1.165) is 0 Å². The van der Waals surface area contributed by atoms with Crippen LogP contribution in [-0.2, 0) is 9.59 Å². The molecule has 1 fully saturated rings. The lowest BCUT2D eigenvalue weighted by molar-refractivity contribution is -0.139. The molecule has 3 rings (SSSR count). The van der Waals surface area contributed by atoms with Gasteiger partial charge in [-0.05, 0) is 49.2 Å². The highest BCUT2D eigenvalue weighted by Gasteiger charge is 2.45. The maximum Gasteiger partial charge on any atom is 0.295 e. The molecule has 2 aromatic rings. The SMILES string of the molecule is CCCN1C(=O)C(=O)/C(=C(/O)c2cc(Cl)ccc2OC)C1c1ccc(OCC)cc1. The van der Waals surface area contributed by atoms with Gasteiger partial charge < -0.3 is 19.5 Å². The molecule has 158 valence electrons. The quantitative estimate of drug-likeness (QED) is 0.396. The molecule has 1 aliphatic rings. The van der Waals surface area contributed by atoms with Crippen molar-refractivity contribution in [2.45, 2.75) is 26.3 Å². The molecule has 1 amide bonds. The largest absolute Gasteiger partial charge is 0.507 e. The summed E-state index contributed by atoms with van der Waals surface area (Å²) in [5, 5.41) is 11.5. The molecule has 0 bridgehead atoms. The summed E-state index contributed by atoms with van der Waals surface area (Å²) in [5.41, 5.74) is 0.974. The number of likely N-dealkylation sites (tertiary alicyclic amines) is 1. The van der Waals surface area contributed by atoms with E-state index >= 15 is 0 Å². The van der Waals surface area contributed by atoms with Crippen LogP contribution in [0.2, 0.25) is 5.02 Å². The van der Waals surface area contributed by atoms with Gasteiger partial charge in [-0.15, -0.1) is 0 Å². The first kappa shape index (κ1) is 21.7. The molecule has 1 heterocycles. The standard InChI is InChI=1S/C23H24ClNO5/c1-4-12-25-20(14-6-9-16(10-7-14)30-5-2)19(22(27)23(25)28)21(26)17-13-15(24)8-11-18(17)29-3/h6-11,13,20,26H,4-5,12H2,1-3H3/b21-19+.